The van der Waals surface area contributed by atoms with Gasteiger partial charge in [-0.2, -0.15) is 0 Å². The van der Waals surface area contributed by atoms with E-state index in [1.54, 1.807) is 4.57 Å². The number of piperidine rings is 1. The molecule has 4 atom stereocenters. The van der Waals surface area contributed by atoms with E-state index in [1.165, 1.54) is 39.8 Å². The molecule has 2 aliphatic heterocycles. The van der Waals surface area contributed by atoms with Crippen molar-refractivity contribution in [2.24, 2.45) is 0 Å². The van der Waals surface area contributed by atoms with Gasteiger partial charge in [-0.25, -0.2) is 20.0 Å². The Kier molecular flexibility index (Phi) is 7.22. The summed E-state index contributed by atoms with van der Waals surface area (Å²) in [5.74, 6) is -1.16. The number of imidazole rings is 1. The van der Waals surface area contributed by atoms with Crippen LogP contribution in [0.5, 0.6) is 0 Å². The van der Waals surface area contributed by atoms with E-state index >= 15 is 0 Å². The monoisotopic (exact) mass is 476 g/mol. The van der Waals surface area contributed by atoms with Gasteiger partial charge in [0.15, 0.2) is 35.4 Å². The highest BCUT2D eigenvalue weighted by Crippen LogP contribution is 2.36. The molecule has 0 aliphatic carbocycles. The van der Waals surface area contributed by atoms with E-state index in [1.807, 2.05) is 0 Å². The normalized spacial score (nSPS) is 25.1. The Hall–Kier alpha value is -3.32. The standard InChI is InChI=1S/C21H28N6O7/c1-12(28)31-9-15-17(32-13(2)29)18(33-14(3)30)21(34-15)27-11-24-16-19(22-10-23-20(16)27)25-26-7-5-4-6-8-26/h10-11,15,17-18,21H,4-9H2,1-3H3,(H,22,23,25)/t15-,17-,18-,21-/m1/s1. The van der Waals surface area contributed by atoms with E-state index in [9.17, 15) is 14.4 Å². The number of esters is 3. The number of nitrogens with one attached hydrogen (secondary N) is 1. The third-order valence-corrected chi connectivity index (χ3v) is 5.59. The number of fused-ring (bicyclic) bond motifs is 1. The molecule has 184 valence electrons. The second kappa shape index (κ2) is 10.3. The summed E-state index contributed by atoms with van der Waals surface area (Å²) < 4.78 is 23.7. The predicted molar refractivity (Wildman–Crippen MR) is 116 cm³/mol. The van der Waals surface area contributed by atoms with Crippen molar-refractivity contribution in [3.63, 3.8) is 0 Å². The maximum Gasteiger partial charge on any atom is 0.303 e. The lowest BCUT2D eigenvalue weighted by Gasteiger charge is -2.27. The molecule has 0 unspecified atom stereocenters. The molecule has 34 heavy (non-hydrogen) atoms. The zero-order valence-corrected chi connectivity index (χ0v) is 19.3. The van der Waals surface area contributed by atoms with Crippen LogP contribution in [0, 0.1) is 0 Å². The van der Waals surface area contributed by atoms with Gasteiger partial charge in [0.1, 0.15) is 19.0 Å². The number of carbonyl (C=O) groups is 3. The molecule has 2 aromatic rings. The number of hydrogen-bond donors (Lipinski definition) is 1. The third kappa shape index (κ3) is 5.25. The van der Waals surface area contributed by atoms with Crippen molar-refractivity contribution in [2.75, 3.05) is 25.1 Å². The second-order valence-electron chi connectivity index (χ2n) is 8.22. The number of aromatic nitrogens is 4. The number of ether oxygens (including phenoxy) is 4. The van der Waals surface area contributed by atoms with E-state index in [4.69, 9.17) is 18.9 Å². The predicted octanol–water partition coefficient (Wildman–Crippen LogP) is 0.963. The van der Waals surface area contributed by atoms with Gasteiger partial charge in [0.25, 0.3) is 0 Å². The highest BCUT2D eigenvalue weighted by molar-refractivity contribution is 5.82. The molecule has 0 aromatic carbocycles. The van der Waals surface area contributed by atoms with Crippen molar-refractivity contribution in [1.29, 1.82) is 0 Å². The van der Waals surface area contributed by atoms with Crippen LogP contribution < -0.4 is 5.43 Å². The number of carbonyl (C=O) groups excluding carboxylic acids is 3. The van der Waals surface area contributed by atoms with Crippen LogP contribution in [0.4, 0.5) is 5.82 Å². The Labute approximate surface area is 195 Å². The fraction of sp³-hybridized carbons (Fsp3) is 0.619. The van der Waals surface area contributed by atoms with Gasteiger partial charge in [0, 0.05) is 33.9 Å². The molecule has 0 radical (unpaired) electrons. The zero-order valence-electron chi connectivity index (χ0n) is 19.3. The molecule has 2 fully saturated rings. The molecule has 2 aromatic heterocycles. The molecule has 2 saturated heterocycles. The molecular weight excluding hydrogens is 448 g/mol. The lowest BCUT2D eigenvalue weighted by atomic mass is 10.1. The molecule has 2 aliphatic rings. The molecule has 0 saturated carbocycles. The third-order valence-electron chi connectivity index (χ3n) is 5.59. The second-order valence-corrected chi connectivity index (χ2v) is 8.22. The minimum Gasteiger partial charge on any atom is -0.463 e. The van der Waals surface area contributed by atoms with Crippen molar-refractivity contribution in [1.82, 2.24) is 24.5 Å². The first-order valence-electron chi connectivity index (χ1n) is 11.2. The Morgan fingerprint density at radius 2 is 1.71 bits per heavy atom. The van der Waals surface area contributed by atoms with Gasteiger partial charge in [0.2, 0.25) is 0 Å². The maximum atomic E-state index is 11.9. The van der Waals surface area contributed by atoms with Gasteiger partial charge in [0.05, 0.1) is 6.33 Å². The molecule has 13 nitrogen and oxygen atoms in total. The first-order chi connectivity index (χ1) is 16.3. The molecule has 0 spiro atoms. The summed E-state index contributed by atoms with van der Waals surface area (Å²) in [5, 5.41) is 2.09. The number of hydrogen-bond acceptors (Lipinski definition) is 12. The fourth-order valence-corrected chi connectivity index (χ4v) is 4.19. The average Bonchev–Trinajstić information content (AvgIpc) is 3.35. The molecule has 4 heterocycles. The van der Waals surface area contributed by atoms with Crippen molar-refractivity contribution in [3.05, 3.63) is 12.7 Å². The van der Waals surface area contributed by atoms with Gasteiger partial charge < -0.3 is 24.4 Å². The Bertz CT molecular complexity index is 1050. The van der Waals surface area contributed by atoms with Crippen molar-refractivity contribution in [3.8, 4) is 0 Å². The van der Waals surface area contributed by atoms with Crippen LogP contribution >= 0.6 is 0 Å². The van der Waals surface area contributed by atoms with Gasteiger partial charge in [-0.15, -0.1) is 0 Å². The summed E-state index contributed by atoms with van der Waals surface area (Å²) in [4.78, 5) is 48.2. The van der Waals surface area contributed by atoms with Gasteiger partial charge in [-0.05, 0) is 12.8 Å². The molecule has 1 N–H and O–H groups in total. The van der Waals surface area contributed by atoms with E-state index in [2.05, 4.69) is 25.4 Å². The van der Waals surface area contributed by atoms with Crippen LogP contribution in [-0.2, 0) is 33.3 Å². The van der Waals surface area contributed by atoms with Gasteiger partial charge in [-0.1, -0.05) is 6.42 Å². The Morgan fingerprint density at radius 1 is 1.00 bits per heavy atom. The molecule has 4 rings (SSSR count). The number of rotatable bonds is 7. The first kappa shape index (κ1) is 23.8. The van der Waals surface area contributed by atoms with Crippen LogP contribution in [0.25, 0.3) is 11.2 Å². The van der Waals surface area contributed by atoms with Crippen LogP contribution in [0.3, 0.4) is 0 Å². The van der Waals surface area contributed by atoms with Crippen LogP contribution in [-0.4, -0.2) is 80.4 Å². The molecular formula is C21H28N6O7. The Balaban J connectivity index is 1.66. The van der Waals surface area contributed by atoms with Gasteiger partial charge in [-0.3, -0.25) is 19.0 Å². The van der Waals surface area contributed by atoms with Crippen LogP contribution in [0.15, 0.2) is 12.7 Å². The number of hydrazine groups is 1. The van der Waals surface area contributed by atoms with Crippen LogP contribution in [0.2, 0.25) is 0 Å². The topological polar surface area (TPSA) is 147 Å². The maximum absolute atomic E-state index is 11.9. The van der Waals surface area contributed by atoms with Gasteiger partial charge >= 0.3 is 17.9 Å². The largest absolute Gasteiger partial charge is 0.463 e. The number of nitrogens with zero attached hydrogens (tertiary/aromatic N) is 5. The quantitative estimate of drug-likeness (QED) is 0.448. The first-order valence-corrected chi connectivity index (χ1v) is 11.2. The smallest absolute Gasteiger partial charge is 0.303 e. The highest BCUT2D eigenvalue weighted by atomic mass is 16.7. The van der Waals surface area contributed by atoms with E-state index in [-0.39, 0.29) is 6.61 Å². The van der Waals surface area contributed by atoms with Crippen LogP contribution in [0.1, 0.15) is 46.3 Å². The fourth-order valence-electron chi connectivity index (χ4n) is 4.19. The lowest BCUT2D eigenvalue weighted by molar-refractivity contribution is -0.166. The minimum atomic E-state index is -1.02. The SMILES string of the molecule is CC(=O)OC[C@H]1O[C@@H](n2cnc3c(NN4CCCCC4)ncnc32)[C@H](OC(C)=O)[C@@H]1OC(C)=O. The summed E-state index contributed by atoms with van der Waals surface area (Å²) in [6.45, 7) is 5.34. The Morgan fingerprint density at radius 3 is 2.38 bits per heavy atom. The summed E-state index contributed by atoms with van der Waals surface area (Å²) in [7, 11) is 0. The minimum absolute atomic E-state index is 0.190. The lowest BCUT2D eigenvalue weighted by Crippen LogP contribution is -2.40. The van der Waals surface area contributed by atoms with Crippen molar-refractivity contribution < 1.29 is 33.3 Å². The summed E-state index contributed by atoms with van der Waals surface area (Å²) in [5.41, 5.74) is 4.24. The summed E-state index contributed by atoms with van der Waals surface area (Å²) in [6.07, 6.45) is 2.46. The van der Waals surface area contributed by atoms with E-state index < -0.39 is 42.4 Å². The zero-order chi connectivity index (χ0) is 24.2. The summed E-state index contributed by atoms with van der Waals surface area (Å²) in [6, 6.07) is 0. The highest BCUT2D eigenvalue weighted by Gasteiger charge is 2.51. The molecule has 13 heteroatoms. The molecule has 0 amide bonds. The average molecular weight is 476 g/mol. The summed E-state index contributed by atoms with van der Waals surface area (Å²) >= 11 is 0. The van der Waals surface area contributed by atoms with E-state index in [0.717, 1.165) is 25.9 Å². The number of anilines is 1. The van der Waals surface area contributed by atoms with Crippen molar-refractivity contribution in [2.45, 2.75) is 64.6 Å². The molecule has 0 bridgehead atoms. The van der Waals surface area contributed by atoms with Crippen molar-refractivity contribution >= 4 is 34.9 Å². The van der Waals surface area contributed by atoms with E-state index in [0.29, 0.717) is 17.0 Å².